The van der Waals surface area contributed by atoms with Crippen molar-refractivity contribution in [1.29, 1.82) is 0 Å². The summed E-state index contributed by atoms with van der Waals surface area (Å²) in [6, 6.07) is 15.2. The van der Waals surface area contributed by atoms with Gasteiger partial charge in [0.25, 0.3) is 0 Å². The van der Waals surface area contributed by atoms with Gasteiger partial charge in [-0.3, -0.25) is 0 Å². The van der Waals surface area contributed by atoms with Crippen LogP contribution in [0, 0.1) is 0 Å². The molecule has 0 aliphatic carbocycles. The van der Waals surface area contributed by atoms with E-state index in [-0.39, 0.29) is 0 Å². The first kappa shape index (κ1) is 13.0. The molecule has 0 atom stereocenters. The number of fused-ring (bicyclic) bond motifs is 1. The summed E-state index contributed by atoms with van der Waals surface area (Å²) >= 11 is 0. The van der Waals surface area contributed by atoms with E-state index in [1.165, 1.54) is 35.2 Å². The molecule has 2 aromatic rings. The lowest BCUT2D eigenvalue weighted by atomic mass is 9.97. The molecule has 1 heterocycles. The molecule has 1 aliphatic rings. The van der Waals surface area contributed by atoms with E-state index in [9.17, 15) is 0 Å². The van der Waals surface area contributed by atoms with Gasteiger partial charge >= 0.3 is 0 Å². The predicted octanol–water partition coefficient (Wildman–Crippen LogP) is 4.03. The van der Waals surface area contributed by atoms with Crippen LogP contribution in [-0.4, -0.2) is 13.2 Å². The monoisotopic (exact) mass is 267 g/mol. The molecule has 0 saturated heterocycles. The third-order valence-corrected chi connectivity index (χ3v) is 3.75. The van der Waals surface area contributed by atoms with Gasteiger partial charge in [-0.1, -0.05) is 24.3 Å². The first-order valence-electron chi connectivity index (χ1n) is 7.42. The molecule has 0 aromatic heterocycles. The smallest absolute Gasteiger partial charge is 0.119 e. The number of aryl methyl sites for hydroxylation is 1. The Kier molecular flexibility index (Phi) is 3.91. The SMILES string of the molecule is CCOc1ccc(Cc2ccc3c(c2)CCCN3)cc1. The molecule has 0 fully saturated rings. The Morgan fingerprint density at radius 3 is 2.65 bits per heavy atom. The highest BCUT2D eigenvalue weighted by Crippen LogP contribution is 2.24. The molecule has 2 nitrogen and oxygen atoms in total. The fourth-order valence-corrected chi connectivity index (χ4v) is 2.74. The van der Waals surface area contributed by atoms with Crippen LogP contribution in [0.1, 0.15) is 30.0 Å². The molecule has 0 bridgehead atoms. The summed E-state index contributed by atoms with van der Waals surface area (Å²) < 4.78 is 5.48. The first-order chi connectivity index (χ1) is 9.85. The third-order valence-electron chi connectivity index (χ3n) is 3.75. The summed E-state index contributed by atoms with van der Waals surface area (Å²) in [5, 5.41) is 3.46. The van der Waals surface area contributed by atoms with Crippen molar-refractivity contribution in [1.82, 2.24) is 0 Å². The van der Waals surface area contributed by atoms with Gasteiger partial charge in [0.1, 0.15) is 5.75 Å². The second kappa shape index (κ2) is 6.00. The normalized spacial score (nSPS) is 13.4. The second-order valence-corrected chi connectivity index (χ2v) is 5.28. The fraction of sp³-hybridized carbons (Fsp3) is 0.333. The maximum atomic E-state index is 5.48. The van der Waals surface area contributed by atoms with Crippen molar-refractivity contribution in [2.45, 2.75) is 26.2 Å². The Labute approximate surface area is 120 Å². The van der Waals surface area contributed by atoms with Gasteiger partial charge in [-0.2, -0.15) is 0 Å². The standard InChI is InChI=1S/C18H21NO/c1-2-20-17-8-5-14(6-9-17)12-15-7-10-18-16(13-15)4-3-11-19-18/h5-10,13,19H,2-4,11-12H2,1H3. The van der Waals surface area contributed by atoms with E-state index < -0.39 is 0 Å². The second-order valence-electron chi connectivity index (χ2n) is 5.28. The van der Waals surface area contributed by atoms with Gasteiger partial charge in [-0.25, -0.2) is 0 Å². The van der Waals surface area contributed by atoms with Crippen molar-refractivity contribution >= 4 is 5.69 Å². The van der Waals surface area contributed by atoms with E-state index >= 15 is 0 Å². The zero-order chi connectivity index (χ0) is 13.8. The topological polar surface area (TPSA) is 21.3 Å². The highest BCUT2D eigenvalue weighted by Gasteiger charge is 2.08. The number of ether oxygens (including phenoxy) is 1. The zero-order valence-electron chi connectivity index (χ0n) is 12.0. The van der Waals surface area contributed by atoms with Crippen LogP contribution in [0.2, 0.25) is 0 Å². The number of hydrogen-bond donors (Lipinski definition) is 1. The lowest BCUT2D eigenvalue weighted by Crippen LogP contribution is -2.11. The van der Waals surface area contributed by atoms with Crippen LogP contribution in [0.4, 0.5) is 5.69 Å². The van der Waals surface area contributed by atoms with Gasteiger partial charge < -0.3 is 10.1 Å². The Hall–Kier alpha value is -1.96. The fourth-order valence-electron chi connectivity index (χ4n) is 2.74. The van der Waals surface area contributed by atoms with Crippen molar-refractivity contribution in [3.8, 4) is 5.75 Å². The number of hydrogen-bond acceptors (Lipinski definition) is 2. The number of rotatable bonds is 4. The van der Waals surface area contributed by atoms with Crippen molar-refractivity contribution in [3.63, 3.8) is 0 Å². The quantitative estimate of drug-likeness (QED) is 0.903. The van der Waals surface area contributed by atoms with Gasteiger partial charge in [0.15, 0.2) is 0 Å². The van der Waals surface area contributed by atoms with Crippen LogP contribution in [-0.2, 0) is 12.8 Å². The van der Waals surface area contributed by atoms with Crippen molar-refractivity contribution < 1.29 is 4.74 Å². The highest BCUT2D eigenvalue weighted by atomic mass is 16.5. The van der Waals surface area contributed by atoms with Crippen LogP contribution in [0.3, 0.4) is 0 Å². The summed E-state index contributed by atoms with van der Waals surface area (Å²) in [6.45, 7) is 3.83. The average Bonchev–Trinajstić information content (AvgIpc) is 2.49. The molecule has 20 heavy (non-hydrogen) atoms. The molecule has 2 heteroatoms. The van der Waals surface area contributed by atoms with E-state index in [0.717, 1.165) is 25.3 Å². The van der Waals surface area contributed by atoms with Crippen LogP contribution >= 0.6 is 0 Å². The van der Waals surface area contributed by atoms with E-state index in [1.807, 2.05) is 6.92 Å². The number of benzene rings is 2. The van der Waals surface area contributed by atoms with Crippen LogP contribution in [0.5, 0.6) is 5.75 Å². The molecule has 3 rings (SSSR count). The van der Waals surface area contributed by atoms with Crippen molar-refractivity contribution in [2.75, 3.05) is 18.5 Å². The summed E-state index contributed by atoms with van der Waals surface area (Å²) in [5.41, 5.74) is 5.49. The van der Waals surface area contributed by atoms with Gasteiger partial charge in [0, 0.05) is 12.2 Å². The number of anilines is 1. The van der Waals surface area contributed by atoms with Crippen molar-refractivity contribution in [3.05, 3.63) is 59.2 Å². The summed E-state index contributed by atoms with van der Waals surface area (Å²) in [4.78, 5) is 0. The molecule has 0 unspecified atom stereocenters. The molecular formula is C18H21NO. The maximum Gasteiger partial charge on any atom is 0.119 e. The Balaban J connectivity index is 1.73. The lowest BCUT2D eigenvalue weighted by molar-refractivity contribution is 0.340. The minimum absolute atomic E-state index is 0.719. The molecule has 2 aromatic carbocycles. The largest absolute Gasteiger partial charge is 0.494 e. The van der Waals surface area contributed by atoms with Crippen LogP contribution in [0.25, 0.3) is 0 Å². The highest BCUT2D eigenvalue weighted by molar-refractivity contribution is 5.54. The molecule has 1 aliphatic heterocycles. The van der Waals surface area contributed by atoms with Gasteiger partial charge in [-0.05, 0) is 61.1 Å². The maximum absolute atomic E-state index is 5.48. The van der Waals surface area contributed by atoms with Crippen LogP contribution < -0.4 is 10.1 Å². The number of nitrogens with one attached hydrogen (secondary N) is 1. The minimum atomic E-state index is 0.719. The Morgan fingerprint density at radius 1 is 1.05 bits per heavy atom. The molecule has 0 radical (unpaired) electrons. The van der Waals surface area contributed by atoms with E-state index in [2.05, 4.69) is 47.8 Å². The van der Waals surface area contributed by atoms with Gasteiger partial charge in [-0.15, -0.1) is 0 Å². The van der Waals surface area contributed by atoms with Crippen molar-refractivity contribution in [2.24, 2.45) is 0 Å². The third kappa shape index (κ3) is 2.96. The molecule has 1 N–H and O–H groups in total. The van der Waals surface area contributed by atoms with Gasteiger partial charge in [0.2, 0.25) is 0 Å². The molecule has 0 saturated carbocycles. The molecule has 0 spiro atoms. The van der Waals surface area contributed by atoms with E-state index in [0.29, 0.717) is 0 Å². The van der Waals surface area contributed by atoms with Crippen LogP contribution in [0.15, 0.2) is 42.5 Å². The minimum Gasteiger partial charge on any atom is -0.494 e. The predicted molar refractivity (Wildman–Crippen MR) is 83.7 cm³/mol. The van der Waals surface area contributed by atoms with E-state index in [4.69, 9.17) is 4.74 Å². The first-order valence-corrected chi connectivity index (χ1v) is 7.42. The zero-order valence-corrected chi connectivity index (χ0v) is 12.0. The Morgan fingerprint density at radius 2 is 1.85 bits per heavy atom. The average molecular weight is 267 g/mol. The molecule has 0 amide bonds. The Bertz CT molecular complexity index is 574. The molecular weight excluding hydrogens is 246 g/mol. The summed E-state index contributed by atoms with van der Waals surface area (Å²) in [6.07, 6.45) is 3.42. The summed E-state index contributed by atoms with van der Waals surface area (Å²) in [5.74, 6) is 0.950. The summed E-state index contributed by atoms with van der Waals surface area (Å²) in [7, 11) is 0. The van der Waals surface area contributed by atoms with E-state index in [1.54, 1.807) is 0 Å². The molecule has 104 valence electrons. The lowest BCUT2D eigenvalue weighted by Gasteiger charge is -2.18. The van der Waals surface area contributed by atoms with Gasteiger partial charge in [0.05, 0.1) is 6.61 Å².